The van der Waals surface area contributed by atoms with Crippen molar-refractivity contribution in [2.45, 2.75) is 13.0 Å². The molecule has 2 aliphatic rings. The summed E-state index contributed by atoms with van der Waals surface area (Å²) in [6, 6.07) is 18.0. The molecular formula is C25H31ClN4O2. The Morgan fingerprint density at radius 3 is 1.91 bits per heavy atom. The lowest BCUT2D eigenvalue weighted by atomic mass is 10.1. The lowest BCUT2D eigenvalue weighted by Crippen LogP contribution is -2.54. The minimum absolute atomic E-state index is 0.0959. The Morgan fingerprint density at radius 2 is 1.25 bits per heavy atom. The van der Waals surface area contributed by atoms with Gasteiger partial charge < -0.3 is 9.80 Å². The first kappa shape index (κ1) is 22.8. The van der Waals surface area contributed by atoms with Crippen molar-refractivity contribution in [1.82, 2.24) is 19.6 Å². The minimum atomic E-state index is 0.0959. The van der Waals surface area contributed by atoms with Gasteiger partial charge in [0.25, 0.3) is 0 Å². The first-order chi connectivity index (χ1) is 15.6. The van der Waals surface area contributed by atoms with E-state index >= 15 is 0 Å². The van der Waals surface area contributed by atoms with Crippen LogP contribution in [-0.4, -0.2) is 90.3 Å². The maximum Gasteiger partial charge on any atom is 0.236 e. The number of rotatable bonds is 6. The highest BCUT2D eigenvalue weighted by atomic mass is 35.5. The Morgan fingerprint density at radius 1 is 0.688 bits per heavy atom. The first-order valence-electron chi connectivity index (χ1n) is 11.4. The SMILES string of the molecule is O=C(Cc1ccccc1Cl)N1CCN(CC(=O)N2CCN(Cc3ccccc3)CC2)CC1. The second kappa shape index (κ2) is 10.9. The Balaban J connectivity index is 1.17. The number of carbonyl (C=O) groups excluding carboxylic acids is 2. The fourth-order valence-electron chi connectivity index (χ4n) is 4.36. The zero-order valence-corrected chi connectivity index (χ0v) is 19.2. The van der Waals surface area contributed by atoms with E-state index in [1.165, 1.54) is 5.56 Å². The molecule has 4 rings (SSSR count). The van der Waals surface area contributed by atoms with Crippen molar-refractivity contribution in [1.29, 1.82) is 0 Å². The Bertz CT molecular complexity index is 907. The third kappa shape index (κ3) is 6.09. The summed E-state index contributed by atoms with van der Waals surface area (Å²) < 4.78 is 0. The number of hydrogen-bond acceptors (Lipinski definition) is 4. The van der Waals surface area contributed by atoms with Crippen LogP contribution in [0.1, 0.15) is 11.1 Å². The van der Waals surface area contributed by atoms with Crippen LogP contribution in [0.4, 0.5) is 0 Å². The molecule has 7 heteroatoms. The van der Waals surface area contributed by atoms with E-state index in [1.54, 1.807) is 0 Å². The van der Waals surface area contributed by atoms with Crippen molar-refractivity contribution in [3.05, 3.63) is 70.7 Å². The van der Waals surface area contributed by atoms with Gasteiger partial charge in [0, 0.05) is 63.9 Å². The molecule has 0 spiro atoms. The molecule has 0 bridgehead atoms. The molecule has 2 heterocycles. The van der Waals surface area contributed by atoms with Crippen molar-refractivity contribution < 1.29 is 9.59 Å². The van der Waals surface area contributed by atoms with Gasteiger partial charge in [-0.15, -0.1) is 0 Å². The fourth-order valence-corrected chi connectivity index (χ4v) is 4.56. The first-order valence-corrected chi connectivity index (χ1v) is 11.7. The van der Waals surface area contributed by atoms with Crippen LogP contribution >= 0.6 is 11.6 Å². The summed E-state index contributed by atoms with van der Waals surface area (Å²) in [5, 5.41) is 0.633. The van der Waals surface area contributed by atoms with Crippen LogP contribution in [0.5, 0.6) is 0 Å². The molecule has 2 aliphatic heterocycles. The molecule has 2 amide bonds. The standard InChI is InChI=1S/C25H31ClN4O2/c26-23-9-5-4-8-22(23)18-24(31)29-14-12-28(13-15-29)20-25(32)30-16-10-27(11-17-30)19-21-6-2-1-3-7-21/h1-9H,10-20H2. The van der Waals surface area contributed by atoms with Crippen molar-refractivity contribution in [2.75, 3.05) is 58.9 Å². The molecule has 2 aromatic carbocycles. The normalized spacial score (nSPS) is 18.0. The number of nitrogens with zero attached hydrogens (tertiary/aromatic N) is 4. The molecule has 0 atom stereocenters. The molecule has 0 N–H and O–H groups in total. The number of amides is 2. The predicted molar refractivity (Wildman–Crippen MR) is 126 cm³/mol. The summed E-state index contributed by atoms with van der Waals surface area (Å²) in [5.74, 6) is 0.291. The zero-order chi connectivity index (χ0) is 22.3. The maximum absolute atomic E-state index is 12.8. The van der Waals surface area contributed by atoms with Gasteiger partial charge in [-0.25, -0.2) is 0 Å². The summed E-state index contributed by atoms with van der Waals surface area (Å²) in [6.07, 6.45) is 0.325. The van der Waals surface area contributed by atoms with Crippen LogP contribution in [0.2, 0.25) is 5.02 Å². The van der Waals surface area contributed by atoms with Crippen molar-refractivity contribution in [3.63, 3.8) is 0 Å². The number of piperazine rings is 2. The van der Waals surface area contributed by atoms with Gasteiger partial charge in [0.05, 0.1) is 13.0 Å². The van der Waals surface area contributed by atoms with Gasteiger partial charge in [-0.1, -0.05) is 60.1 Å². The molecule has 0 aromatic heterocycles. The van der Waals surface area contributed by atoms with E-state index in [9.17, 15) is 9.59 Å². The van der Waals surface area contributed by atoms with Gasteiger partial charge in [0.2, 0.25) is 11.8 Å². The number of carbonyl (C=O) groups is 2. The molecule has 32 heavy (non-hydrogen) atoms. The van der Waals surface area contributed by atoms with Gasteiger partial charge in [-0.3, -0.25) is 19.4 Å². The average Bonchev–Trinajstić information content (AvgIpc) is 2.82. The monoisotopic (exact) mass is 454 g/mol. The van der Waals surface area contributed by atoms with Gasteiger partial charge in [-0.2, -0.15) is 0 Å². The lowest BCUT2D eigenvalue weighted by Gasteiger charge is -2.38. The van der Waals surface area contributed by atoms with Crippen molar-refractivity contribution in [3.8, 4) is 0 Å². The van der Waals surface area contributed by atoms with Gasteiger partial charge >= 0.3 is 0 Å². The van der Waals surface area contributed by atoms with Gasteiger partial charge in [0.1, 0.15) is 0 Å². The number of halogens is 1. The molecule has 2 fully saturated rings. The largest absolute Gasteiger partial charge is 0.340 e. The summed E-state index contributed by atoms with van der Waals surface area (Å²) in [5.41, 5.74) is 2.18. The average molecular weight is 455 g/mol. The highest BCUT2D eigenvalue weighted by molar-refractivity contribution is 6.31. The Labute approximate surface area is 195 Å². The van der Waals surface area contributed by atoms with E-state index < -0.39 is 0 Å². The van der Waals surface area contributed by atoms with Crippen LogP contribution in [0.25, 0.3) is 0 Å². The topological polar surface area (TPSA) is 47.1 Å². The number of hydrogen-bond donors (Lipinski definition) is 0. The summed E-state index contributed by atoms with van der Waals surface area (Å²) in [7, 11) is 0. The second-order valence-electron chi connectivity index (χ2n) is 8.57. The summed E-state index contributed by atoms with van der Waals surface area (Å²) in [4.78, 5) is 33.9. The van der Waals surface area contributed by atoms with Crippen LogP contribution in [0, 0.1) is 0 Å². The van der Waals surface area contributed by atoms with Crippen LogP contribution in [0.3, 0.4) is 0 Å². The zero-order valence-electron chi connectivity index (χ0n) is 18.5. The molecule has 0 aliphatic carbocycles. The van der Waals surface area contributed by atoms with Crippen molar-refractivity contribution >= 4 is 23.4 Å². The molecule has 0 radical (unpaired) electrons. The van der Waals surface area contributed by atoms with E-state index in [0.717, 1.165) is 51.4 Å². The highest BCUT2D eigenvalue weighted by Crippen LogP contribution is 2.17. The predicted octanol–water partition coefficient (Wildman–Crippen LogP) is 2.37. The third-order valence-electron chi connectivity index (χ3n) is 6.36. The van der Waals surface area contributed by atoms with Crippen LogP contribution in [0.15, 0.2) is 54.6 Å². The molecule has 2 aromatic rings. The lowest BCUT2D eigenvalue weighted by molar-refractivity contribution is -0.136. The molecule has 2 saturated heterocycles. The Kier molecular flexibility index (Phi) is 7.79. The van der Waals surface area contributed by atoms with E-state index in [0.29, 0.717) is 31.1 Å². The van der Waals surface area contributed by atoms with Gasteiger partial charge in [-0.05, 0) is 17.2 Å². The smallest absolute Gasteiger partial charge is 0.236 e. The second-order valence-corrected chi connectivity index (χ2v) is 8.97. The number of benzene rings is 2. The quantitative estimate of drug-likeness (QED) is 0.672. The summed E-state index contributed by atoms with van der Waals surface area (Å²) >= 11 is 6.19. The molecule has 6 nitrogen and oxygen atoms in total. The molecule has 170 valence electrons. The van der Waals surface area contributed by atoms with E-state index in [4.69, 9.17) is 11.6 Å². The van der Waals surface area contributed by atoms with Gasteiger partial charge in [0.15, 0.2) is 0 Å². The summed E-state index contributed by atoms with van der Waals surface area (Å²) in [6.45, 7) is 7.52. The minimum Gasteiger partial charge on any atom is -0.340 e. The van der Waals surface area contributed by atoms with Crippen LogP contribution < -0.4 is 0 Å². The Hall–Kier alpha value is -2.41. The highest BCUT2D eigenvalue weighted by Gasteiger charge is 2.26. The third-order valence-corrected chi connectivity index (χ3v) is 6.73. The molecular weight excluding hydrogens is 424 g/mol. The van der Waals surface area contributed by atoms with Crippen LogP contribution in [-0.2, 0) is 22.6 Å². The molecule has 0 unspecified atom stereocenters. The fraction of sp³-hybridized carbons (Fsp3) is 0.440. The van der Waals surface area contributed by atoms with E-state index in [-0.39, 0.29) is 11.8 Å². The van der Waals surface area contributed by atoms with Crippen molar-refractivity contribution in [2.24, 2.45) is 0 Å². The molecule has 0 saturated carbocycles. The maximum atomic E-state index is 12.8. The van der Waals surface area contributed by atoms with E-state index in [1.807, 2.05) is 40.1 Å². The van der Waals surface area contributed by atoms with E-state index in [2.05, 4.69) is 34.1 Å².